The van der Waals surface area contributed by atoms with Crippen molar-refractivity contribution < 1.29 is 4.79 Å². The zero-order valence-electron chi connectivity index (χ0n) is 15.3. The minimum atomic E-state index is -0.139. The highest BCUT2D eigenvalue weighted by Gasteiger charge is 2.16. The van der Waals surface area contributed by atoms with Crippen LogP contribution in [0.4, 0.5) is 11.4 Å². The van der Waals surface area contributed by atoms with Crippen LogP contribution in [0.25, 0.3) is 5.69 Å². The van der Waals surface area contributed by atoms with Gasteiger partial charge in [-0.05, 0) is 37.1 Å². The Morgan fingerprint density at radius 2 is 1.59 bits per heavy atom. The Hall–Kier alpha value is -3.08. The number of nitrogens with zero attached hydrogens (tertiary/aromatic N) is 3. The number of nitrogens with one attached hydrogen (secondary N) is 1. The van der Waals surface area contributed by atoms with Crippen LogP contribution in [0.15, 0.2) is 67.0 Å². The molecule has 4 rings (SSSR count). The van der Waals surface area contributed by atoms with Crippen molar-refractivity contribution >= 4 is 17.3 Å². The van der Waals surface area contributed by atoms with Gasteiger partial charge in [0.05, 0.1) is 28.8 Å². The van der Waals surface area contributed by atoms with Gasteiger partial charge in [-0.2, -0.15) is 5.10 Å². The summed E-state index contributed by atoms with van der Waals surface area (Å²) < 4.78 is 1.72. The Labute approximate surface area is 159 Å². The van der Waals surface area contributed by atoms with E-state index in [2.05, 4.69) is 21.4 Å². The molecule has 3 aromatic rings. The van der Waals surface area contributed by atoms with Gasteiger partial charge < -0.3 is 10.2 Å². The molecule has 2 aromatic carbocycles. The first-order valence-corrected chi connectivity index (χ1v) is 9.57. The van der Waals surface area contributed by atoms with E-state index in [1.807, 2.05) is 48.5 Å². The number of rotatable bonds is 4. The van der Waals surface area contributed by atoms with Crippen molar-refractivity contribution in [1.82, 2.24) is 9.78 Å². The molecular formula is C22H24N4O. The number of hydrogen-bond donors (Lipinski definition) is 1. The molecule has 0 saturated carbocycles. The van der Waals surface area contributed by atoms with E-state index in [0.29, 0.717) is 5.56 Å². The third-order valence-electron chi connectivity index (χ3n) is 4.96. The highest BCUT2D eigenvalue weighted by Crippen LogP contribution is 2.28. The monoisotopic (exact) mass is 360 g/mol. The fraction of sp³-hybridized carbons (Fsp3) is 0.273. The summed E-state index contributed by atoms with van der Waals surface area (Å²) in [6.07, 6.45) is 8.34. The molecule has 1 fully saturated rings. The topological polar surface area (TPSA) is 50.2 Å². The summed E-state index contributed by atoms with van der Waals surface area (Å²) in [7, 11) is 0. The van der Waals surface area contributed by atoms with Gasteiger partial charge in [-0.15, -0.1) is 0 Å². The molecule has 5 heteroatoms. The lowest BCUT2D eigenvalue weighted by molar-refractivity contribution is 0.102. The lowest BCUT2D eigenvalue weighted by atomic mass is 10.2. The summed E-state index contributed by atoms with van der Waals surface area (Å²) in [6, 6.07) is 17.8. The molecule has 1 aliphatic rings. The standard InChI is InChI=1S/C22H24N4O/c27-22(18-16-23-26(17-18)19-10-4-3-5-11-19)24-20-12-6-7-13-21(20)25-14-8-1-2-9-15-25/h3-7,10-13,16-17H,1-2,8-9,14-15H2,(H,24,27). The molecule has 0 aliphatic carbocycles. The molecule has 2 heterocycles. The van der Waals surface area contributed by atoms with Crippen LogP contribution in [0, 0.1) is 0 Å². The van der Waals surface area contributed by atoms with E-state index >= 15 is 0 Å². The lowest BCUT2D eigenvalue weighted by Gasteiger charge is -2.25. The van der Waals surface area contributed by atoms with Crippen LogP contribution in [-0.2, 0) is 0 Å². The van der Waals surface area contributed by atoms with E-state index in [1.165, 1.54) is 25.7 Å². The van der Waals surface area contributed by atoms with Crippen LogP contribution in [-0.4, -0.2) is 28.8 Å². The van der Waals surface area contributed by atoms with Gasteiger partial charge in [0, 0.05) is 19.3 Å². The third kappa shape index (κ3) is 4.03. The second-order valence-electron chi connectivity index (χ2n) is 6.88. The fourth-order valence-electron chi connectivity index (χ4n) is 3.52. The molecule has 1 N–H and O–H groups in total. The third-order valence-corrected chi connectivity index (χ3v) is 4.96. The van der Waals surface area contributed by atoms with Crippen molar-refractivity contribution in [1.29, 1.82) is 0 Å². The minimum Gasteiger partial charge on any atom is -0.370 e. The van der Waals surface area contributed by atoms with Crippen molar-refractivity contribution in [2.24, 2.45) is 0 Å². The van der Waals surface area contributed by atoms with Gasteiger partial charge in [0.25, 0.3) is 5.91 Å². The average molecular weight is 360 g/mol. The maximum absolute atomic E-state index is 12.8. The van der Waals surface area contributed by atoms with Crippen LogP contribution in [0.1, 0.15) is 36.0 Å². The number of para-hydroxylation sites is 3. The molecule has 0 spiro atoms. The van der Waals surface area contributed by atoms with Gasteiger partial charge in [0.1, 0.15) is 0 Å². The first-order chi connectivity index (χ1) is 13.3. The van der Waals surface area contributed by atoms with Crippen molar-refractivity contribution in [2.45, 2.75) is 25.7 Å². The van der Waals surface area contributed by atoms with Crippen molar-refractivity contribution in [2.75, 3.05) is 23.3 Å². The first kappa shape index (κ1) is 17.3. The summed E-state index contributed by atoms with van der Waals surface area (Å²) in [6.45, 7) is 2.08. The molecule has 1 saturated heterocycles. The van der Waals surface area contributed by atoms with Crippen LogP contribution >= 0.6 is 0 Å². The van der Waals surface area contributed by atoms with Gasteiger partial charge in [-0.25, -0.2) is 4.68 Å². The lowest BCUT2D eigenvalue weighted by Crippen LogP contribution is -2.25. The van der Waals surface area contributed by atoms with Gasteiger partial charge in [0.2, 0.25) is 0 Å². The number of aromatic nitrogens is 2. The summed E-state index contributed by atoms with van der Waals surface area (Å²) in [5, 5.41) is 7.39. The highest BCUT2D eigenvalue weighted by atomic mass is 16.1. The molecule has 1 aromatic heterocycles. The number of amides is 1. The van der Waals surface area contributed by atoms with E-state index in [4.69, 9.17) is 0 Å². The number of carbonyl (C=O) groups is 1. The summed E-state index contributed by atoms with van der Waals surface area (Å²) in [4.78, 5) is 15.2. The average Bonchev–Trinajstić information content (AvgIpc) is 3.06. The molecular weight excluding hydrogens is 336 g/mol. The van der Waals surface area contributed by atoms with E-state index < -0.39 is 0 Å². The number of anilines is 2. The number of carbonyl (C=O) groups excluding carboxylic acids is 1. The van der Waals surface area contributed by atoms with Crippen LogP contribution in [0.2, 0.25) is 0 Å². The summed E-state index contributed by atoms with van der Waals surface area (Å²) in [5.41, 5.74) is 3.44. The van der Waals surface area contributed by atoms with Gasteiger partial charge in [-0.1, -0.05) is 43.2 Å². The van der Waals surface area contributed by atoms with E-state index in [1.54, 1.807) is 17.1 Å². The van der Waals surface area contributed by atoms with Crippen LogP contribution < -0.4 is 10.2 Å². The summed E-state index contributed by atoms with van der Waals surface area (Å²) in [5.74, 6) is -0.139. The number of benzene rings is 2. The molecule has 0 bridgehead atoms. The predicted octanol–water partition coefficient (Wildman–Crippen LogP) is 4.51. The first-order valence-electron chi connectivity index (χ1n) is 9.57. The molecule has 0 atom stereocenters. The maximum atomic E-state index is 12.8. The molecule has 0 radical (unpaired) electrons. The van der Waals surface area contributed by atoms with E-state index in [-0.39, 0.29) is 5.91 Å². The molecule has 138 valence electrons. The molecule has 5 nitrogen and oxygen atoms in total. The Kier molecular flexibility index (Phi) is 5.19. The van der Waals surface area contributed by atoms with Gasteiger partial charge in [-0.3, -0.25) is 4.79 Å². The Morgan fingerprint density at radius 1 is 0.889 bits per heavy atom. The highest BCUT2D eigenvalue weighted by molar-refractivity contribution is 6.05. The van der Waals surface area contributed by atoms with Crippen molar-refractivity contribution in [3.63, 3.8) is 0 Å². The fourth-order valence-corrected chi connectivity index (χ4v) is 3.52. The van der Waals surface area contributed by atoms with E-state index in [0.717, 1.165) is 30.2 Å². The zero-order valence-corrected chi connectivity index (χ0v) is 15.3. The molecule has 0 unspecified atom stereocenters. The largest absolute Gasteiger partial charge is 0.370 e. The quantitative estimate of drug-likeness (QED) is 0.745. The normalized spacial score (nSPS) is 14.6. The molecule has 1 aliphatic heterocycles. The van der Waals surface area contributed by atoms with Crippen LogP contribution in [0.3, 0.4) is 0 Å². The van der Waals surface area contributed by atoms with Gasteiger partial charge in [0.15, 0.2) is 0 Å². The smallest absolute Gasteiger partial charge is 0.258 e. The minimum absolute atomic E-state index is 0.139. The molecule has 1 amide bonds. The van der Waals surface area contributed by atoms with Crippen molar-refractivity contribution in [3.8, 4) is 5.69 Å². The Bertz CT molecular complexity index is 895. The maximum Gasteiger partial charge on any atom is 0.258 e. The van der Waals surface area contributed by atoms with Crippen molar-refractivity contribution in [3.05, 3.63) is 72.6 Å². The zero-order chi connectivity index (χ0) is 18.5. The molecule has 27 heavy (non-hydrogen) atoms. The Balaban J connectivity index is 1.53. The SMILES string of the molecule is O=C(Nc1ccccc1N1CCCCCC1)c1cnn(-c2ccccc2)c1. The second kappa shape index (κ2) is 8.08. The van der Waals surface area contributed by atoms with Crippen LogP contribution in [0.5, 0.6) is 0 Å². The van der Waals surface area contributed by atoms with Gasteiger partial charge >= 0.3 is 0 Å². The number of hydrogen-bond acceptors (Lipinski definition) is 3. The predicted molar refractivity (Wildman–Crippen MR) is 109 cm³/mol. The Morgan fingerprint density at radius 3 is 2.37 bits per heavy atom. The summed E-state index contributed by atoms with van der Waals surface area (Å²) >= 11 is 0. The van der Waals surface area contributed by atoms with E-state index in [9.17, 15) is 4.79 Å². The second-order valence-corrected chi connectivity index (χ2v) is 6.88.